The van der Waals surface area contributed by atoms with Gasteiger partial charge in [-0.25, -0.2) is 9.78 Å². The van der Waals surface area contributed by atoms with E-state index < -0.39 is 18.5 Å². The lowest BCUT2D eigenvalue weighted by Crippen LogP contribution is -2.29. The highest BCUT2D eigenvalue weighted by Crippen LogP contribution is 2.28. The van der Waals surface area contributed by atoms with Crippen molar-refractivity contribution in [2.24, 2.45) is 0 Å². The number of carbonyl (C=O) groups is 3. The highest BCUT2D eigenvalue weighted by molar-refractivity contribution is 7.14. The molecule has 2 rings (SSSR count). The van der Waals surface area contributed by atoms with Crippen LogP contribution in [0.3, 0.4) is 0 Å². The second kappa shape index (κ2) is 10.6. The SMILES string of the molecule is CC(=O)N(c1ccccc1)c1nc(/C=C/C(=O)OCC(=O)NCCC#N)cs1. The molecule has 0 aliphatic carbocycles. The lowest BCUT2D eigenvalue weighted by atomic mass is 10.3. The number of esters is 1. The van der Waals surface area contributed by atoms with Gasteiger partial charge in [-0.3, -0.25) is 14.5 Å². The first-order valence-electron chi connectivity index (χ1n) is 8.31. The molecular formula is C19H18N4O4S. The van der Waals surface area contributed by atoms with Gasteiger partial charge < -0.3 is 10.1 Å². The third kappa shape index (κ3) is 6.34. The molecule has 2 aromatic rings. The van der Waals surface area contributed by atoms with Crippen LogP contribution in [-0.4, -0.2) is 35.9 Å². The highest BCUT2D eigenvalue weighted by Gasteiger charge is 2.17. The summed E-state index contributed by atoms with van der Waals surface area (Å²) in [4.78, 5) is 40.9. The van der Waals surface area contributed by atoms with E-state index in [0.29, 0.717) is 16.5 Å². The van der Waals surface area contributed by atoms with Crippen molar-refractivity contribution in [3.8, 4) is 6.07 Å². The lowest BCUT2D eigenvalue weighted by Gasteiger charge is -2.17. The lowest BCUT2D eigenvalue weighted by molar-refractivity contribution is -0.143. The van der Waals surface area contributed by atoms with Crippen molar-refractivity contribution in [3.05, 3.63) is 47.5 Å². The van der Waals surface area contributed by atoms with E-state index in [4.69, 9.17) is 10.00 Å². The number of rotatable bonds is 8. The Morgan fingerprint density at radius 1 is 1.32 bits per heavy atom. The summed E-state index contributed by atoms with van der Waals surface area (Å²) in [5.41, 5.74) is 1.18. The number of aromatic nitrogens is 1. The molecular weight excluding hydrogens is 380 g/mol. The maximum atomic E-state index is 12.0. The Bertz CT molecular complexity index is 902. The zero-order valence-corrected chi connectivity index (χ0v) is 15.9. The molecule has 1 N–H and O–H groups in total. The fraction of sp³-hybridized carbons (Fsp3) is 0.211. The Labute approximate surface area is 166 Å². The molecule has 144 valence electrons. The van der Waals surface area contributed by atoms with E-state index in [1.165, 1.54) is 29.2 Å². The number of hydrogen-bond donors (Lipinski definition) is 1. The topological polar surface area (TPSA) is 112 Å². The van der Waals surface area contributed by atoms with Crippen molar-refractivity contribution in [2.75, 3.05) is 18.1 Å². The Kier molecular flexibility index (Phi) is 7.87. The molecule has 1 heterocycles. The number of anilines is 2. The average Bonchev–Trinajstić information content (AvgIpc) is 3.14. The van der Waals surface area contributed by atoms with Crippen LogP contribution in [0, 0.1) is 11.3 Å². The number of thiazole rings is 1. The van der Waals surface area contributed by atoms with Crippen LogP contribution in [0.1, 0.15) is 19.0 Å². The molecule has 28 heavy (non-hydrogen) atoms. The van der Waals surface area contributed by atoms with Crippen molar-refractivity contribution in [1.29, 1.82) is 5.26 Å². The van der Waals surface area contributed by atoms with Gasteiger partial charge in [0.15, 0.2) is 11.7 Å². The van der Waals surface area contributed by atoms with Crippen molar-refractivity contribution in [2.45, 2.75) is 13.3 Å². The van der Waals surface area contributed by atoms with Gasteiger partial charge in [-0.05, 0) is 18.2 Å². The zero-order valence-electron chi connectivity index (χ0n) is 15.1. The second-order valence-corrected chi connectivity index (χ2v) is 6.28. The molecule has 0 atom stereocenters. The number of hydrogen-bond acceptors (Lipinski definition) is 7. The van der Waals surface area contributed by atoms with Crippen LogP contribution in [0.5, 0.6) is 0 Å². The number of ether oxygens (including phenoxy) is 1. The zero-order chi connectivity index (χ0) is 20.4. The van der Waals surface area contributed by atoms with Crippen LogP contribution in [0.15, 0.2) is 41.8 Å². The summed E-state index contributed by atoms with van der Waals surface area (Å²) in [7, 11) is 0. The highest BCUT2D eigenvalue weighted by atomic mass is 32.1. The number of carbonyl (C=O) groups excluding carboxylic acids is 3. The number of benzene rings is 1. The average molecular weight is 398 g/mol. The summed E-state index contributed by atoms with van der Waals surface area (Å²) >= 11 is 1.26. The Morgan fingerprint density at radius 2 is 2.07 bits per heavy atom. The summed E-state index contributed by atoms with van der Waals surface area (Å²) in [6.45, 7) is 1.23. The molecule has 2 amide bonds. The number of nitrogens with zero attached hydrogens (tertiary/aromatic N) is 3. The van der Waals surface area contributed by atoms with E-state index >= 15 is 0 Å². The fourth-order valence-electron chi connectivity index (χ4n) is 2.11. The minimum absolute atomic E-state index is 0.183. The van der Waals surface area contributed by atoms with Crippen LogP contribution in [0.2, 0.25) is 0 Å². The monoisotopic (exact) mass is 398 g/mol. The standard InChI is InChI=1S/C19H18N4O4S/c1-14(24)23(16-6-3-2-4-7-16)19-22-15(13-28-19)8-9-18(26)27-12-17(25)21-11-5-10-20/h2-4,6-9,13H,5,11-12H2,1H3,(H,21,25)/b9-8+. The van der Waals surface area contributed by atoms with Crippen molar-refractivity contribution in [1.82, 2.24) is 10.3 Å². The molecule has 1 aromatic carbocycles. The maximum absolute atomic E-state index is 12.0. The number of amides is 2. The predicted molar refractivity (Wildman–Crippen MR) is 105 cm³/mol. The summed E-state index contributed by atoms with van der Waals surface area (Å²) in [5.74, 6) is -1.36. The van der Waals surface area contributed by atoms with Crippen molar-refractivity contribution in [3.63, 3.8) is 0 Å². The van der Waals surface area contributed by atoms with Crippen LogP contribution in [0.4, 0.5) is 10.8 Å². The Hall–Kier alpha value is -3.51. The molecule has 0 bridgehead atoms. The summed E-state index contributed by atoms with van der Waals surface area (Å²) < 4.78 is 4.81. The van der Waals surface area contributed by atoms with Gasteiger partial charge in [-0.15, -0.1) is 11.3 Å². The normalized spacial score (nSPS) is 10.3. The minimum Gasteiger partial charge on any atom is -0.452 e. The smallest absolute Gasteiger partial charge is 0.331 e. The fourth-order valence-corrected chi connectivity index (χ4v) is 2.96. The van der Waals surface area contributed by atoms with Crippen LogP contribution in [-0.2, 0) is 19.1 Å². The maximum Gasteiger partial charge on any atom is 0.331 e. The minimum atomic E-state index is -0.698. The molecule has 0 fully saturated rings. The quantitative estimate of drug-likeness (QED) is 0.415. The number of para-hydroxylation sites is 1. The summed E-state index contributed by atoms with van der Waals surface area (Å²) in [6, 6.07) is 11.0. The number of nitrogens with one attached hydrogen (secondary N) is 1. The summed E-state index contributed by atoms with van der Waals surface area (Å²) in [6.07, 6.45) is 2.78. The molecule has 8 nitrogen and oxygen atoms in total. The first-order valence-corrected chi connectivity index (χ1v) is 9.19. The van der Waals surface area contributed by atoms with Crippen molar-refractivity contribution < 1.29 is 19.1 Å². The van der Waals surface area contributed by atoms with Crippen LogP contribution in [0.25, 0.3) is 6.08 Å². The molecule has 9 heteroatoms. The van der Waals surface area contributed by atoms with Gasteiger partial charge >= 0.3 is 5.97 Å². The van der Waals surface area contributed by atoms with Gasteiger partial charge in [0.05, 0.1) is 23.9 Å². The Morgan fingerprint density at radius 3 is 2.75 bits per heavy atom. The van der Waals surface area contributed by atoms with Gasteiger partial charge in [0.2, 0.25) is 5.91 Å². The van der Waals surface area contributed by atoms with Crippen LogP contribution >= 0.6 is 11.3 Å². The molecule has 0 radical (unpaired) electrons. The van der Waals surface area contributed by atoms with E-state index in [-0.39, 0.29) is 18.9 Å². The second-order valence-electron chi connectivity index (χ2n) is 5.44. The molecule has 0 aliphatic rings. The van der Waals surface area contributed by atoms with Crippen LogP contribution < -0.4 is 10.2 Å². The Balaban J connectivity index is 1.94. The molecule has 0 saturated carbocycles. The van der Waals surface area contributed by atoms with Crippen molar-refractivity contribution >= 4 is 46.0 Å². The van der Waals surface area contributed by atoms with Gasteiger partial charge in [0.25, 0.3) is 5.91 Å². The summed E-state index contributed by atoms with van der Waals surface area (Å²) in [5, 5.41) is 13.0. The third-order valence-electron chi connectivity index (χ3n) is 3.33. The predicted octanol–water partition coefficient (Wildman–Crippen LogP) is 2.41. The van der Waals surface area contributed by atoms with Gasteiger partial charge in [0, 0.05) is 24.9 Å². The largest absolute Gasteiger partial charge is 0.452 e. The third-order valence-corrected chi connectivity index (χ3v) is 4.17. The number of nitriles is 1. The molecule has 0 spiro atoms. The van der Waals surface area contributed by atoms with E-state index in [0.717, 1.165) is 6.08 Å². The van der Waals surface area contributed by atoms with E-state index in [1.54, 1.807) is 17.5 Å². The van der Waals surface area contributed by atoms with E-state index in [1.807, 2.05) is 24.3 Å². The first-order chi connectivity index (χ1) is 13.5. The molecule has 0 saturated heterocycles. The molecule has 0 aliphatic heterocycles. The molecule has 0 unspecified atom stereocenters. The first kappa shape index (κ1) is 20.8. The van der Waals surface area contributed by atoms with Gasteiger partial charge in [0.1, 0.15) is 0 Å². The van der Waals surface area contributed by atoms with E-state index in [9.17, 15) is 14.4 Å². The van der Waals surface area contributed by atoms with Gasteiger partial charge in [-0.1, -0.05) is 18.2 Å². The molecule has 1 aromatic heterocycles. The van der Waals surface area contributed by atoms with Gasteiger partial charge in [-0.2, -0.15) is 5.26 Å². The van der Waals surface area contributed by atoms with E-state index in [2.05, 4.69) is 10.3 Å².